The lowest BCUT2D eigenvalue weighted by molar-refractivity contribution is -0.358. The summed E-state index contributed by atoms with van der Waals surface area (Å²) in [6.45, 7) is 2.71. The standard InChI is InChI=1S/C8H13N4/c1-11-5-3-9-7(11)8-10-4-6-12(8)2/h5H,3-4,6H2,1-2H3/q+1. The fourth-order valence-electron chi connectivity index (χ4n) is 1.45. The molecule has 0 spiro atoms. The zero-order valence-electron chi connectivity index (χ0n) is 7.49. The van der Waals surface area contributed by atoms with Crippen molar-refractivity contribution < 1.29 is 4.58 Å². The summed E-state index contributed by atoms with van der Waals surface area (Å²) >= 11 is 0. The van der Waals surface area contributed by atoms with Crippen molar-refractivity contribution in [3.8, 4) is 0 Å². The Morgan fingerprint density at radius 2 is 2.33 bits per heavy atom. The van der Waals surface area contributed by atoms with Crippen molar-refractivity contribution in [1.29, 1.82) is 0 Å². The molecule has 2 aliphatic heterocycles. The molecule has 0 saturated carbocycles. The number of nitrogens with zero attached hydrogens (tertiary/aromatic N) is 4. The average Bonchev–Trinajstić information content (AvgIpc) is 2.59. The van der Waals surface area contributed by atoms with E-state index in [9.17, 15) is 0 Å². The van der Waals surface area contributed by atoms with Crippen LogP contribution in [0.5, 0.6) is 0 Å². The molecule has 64 valence electrons. The highest BCUT2D eigenvalue weighted by Crippen LogP contribution is 2.02. The molecule has 0 amide bonds. The molecule has 2 heterocycles. The summed E-state index contributed by atoms with van der Waals surface area (Å²) < 4.78 is 2.04. The summed E-state index contributed by atoms with van der Waals surface area (Å²) in [5, 5.41) is 0. The van der Waals surface area contributed by atoms with E-state index in [0.717, 1.165) is 31.3 Å². The molecule has 0 aliphatic carbocycles. The van der Waals surface area contributed by atoms with Crippen molar-refractivity contribution in [3.63, 3.8) is 0 Å². The van der Waals surface area contributed by atoms with E-state index < -0.39 is 0 Å². The van der Waals surface area contributed by atoms with E-state index in [1.54, 1.807) is 0 Å². The number of likely N-dealkylation sites (N-methyl/N-ethyl adjacent to an activating group) is 2. The first-order valence-electron chi connectivity index (χ1n) is 4.15. The van der Waals surface area contributed by atoms with Crippen LogP contribution in [0.25, 0.3) is 0 Å². The van der Waals surface area contributed by atoms with Crippen LogP contribution in [0.15, 0.2) is 9.98 Å². The van der Waals surface area contributed by atoms with Gasteiger partial charge in [0.05, 0.1) is 13.6 Å². The zero-order valence-corrected chi connectivity index (χ0v) is 7.49. The van der Waals surface area contributed by atoms with Crippen LogP contribution in [-0.4, -0.2) is 61.1 Å². The van der Waals surface area contributed by atoms with Gasteiger partial charge in [0, 0.05) is 13.6 Å². The molecule has 0 bridgehead atoms. The number of amidine groups is 2. The number of hydrogen-bond donors (Lipinski definition) is 0. The fraction of sp³-hybridized carbons (Fsp3) is 0.625. The van der Waals surface area contributed by atoms with Crippen molar-refractivity contribution >= 4 is 17.9 Å². The number of rotatable bonds is 1. The average molecular weight is 165 g/mol. The van der Waals surface area contributed by atoms with Gasteiger partial charge in [-0.3, -0.25) is 4.99 Å². The first-order valence-corrected chi connectivity index (χ1v) is 4.15. The molecule has 0 fully saturated rings. The van der Waals surface area contributed by atoms with Crippen LogP contribution in [0, 0.1) is 0 Å². The first kappa shape index (κ1) is 7.46. The summed E-state index contributed by atoms with van der Waals surface area (Å²) in [4.78, 5) is 10.9. The van der Waals surface area contributed by atoms with Gasteiger partial charge in [-0.2, -0.15) is 0 Å². The lowest BCUT2D eigenvalue weighted by Crippen LogP contribution is -2.34. The molecule has 0 aromatic carbocycles. The van der Waals surface area contributed by atoms with Gasteiger partial charge in [0.15, 0.2) is 6.54 Å². The van der Waals surface area contributed by atoms with Crippen LogP contribution in [0.1, 0.15) is 0 Å². The van der Waals surface area contributed by atoms with Crippen LogP contribution < -0.4 is 0 Å². The molecule has 0 unspecified atom stereocenters. The number of hydrogen-bond acceptors (Lipinski definition) is 3. The molecular weight excluding hydrogens is 152 g/mol. The van der Waals surface area contributed by atoms with Crippen LogP contribution in [0.3, 0.4) is 0 Å². The fourth-order valence-corrected chi connectivity index (χ4v) is 1.45. The molecule has 0 radical (unpaired) electrons. The maximum absolute atomic E-state index is 4.40. The van der Waals surface area contributed by atoms with Gasteiger partial charge in [-0.05, 0) is 0 Å². The van der Waals surface area contributed by atoms with E-state index in [1.807, 2.05) is 11.6 Å². The van der Waals surface area contributed by atoms with Crippen molar-refractivity contribution in [2.45, 2.75) is 0 Å². The highest BCUT2D eigenvalue weighted by Gasteiger charge is 2.28. The SMILES string of the molecule is CN1CCN=C1C1=NCC=[N+]1C. The van der Waals surface area contributed by atoms with Crippen molar-refractivity contribution in [1.82, 2.24) is 4.90 Å². The molecule has 12 heavy (non-hydrogen) atoms. The molecule has 0 aromatic rings. The summed E-state index contributed by atoms with van der Waals surface area (Å²) in [6.07, 6.45) is 2.06. The van der Waals surface area contributed by atoms with Gasteiger partial charge in [-0.15, -0.1) is 0 Å². The van der Waals surface area contributed by atoms with E-state index in [4.69, 9.17) is 0 Å². The van der Waals surface area contributed by atoms with Crippen LogP contribution in [-0.2, 0) is 0 Å². The topological polar surface area (TPSA) is 31.0 Å². The highest BCUT2D eigenvalue weighted by molar-refractivity contribution is 6.38. The minimum atomic E-state index is 0.790. The summed E-state index contributed by atoms with van der Waals surface area (Å²) in [7, 11) is 4.07. The summed E-state index contributed by atoms with van der Waals surface area (Å²) in [5.41, 5.74) is 0. The van der Waals surface area contributed by atoms with E-state index in [-0.39, 0.29) is 0 Å². The molecule has 2 rings (SSSR count). The Balaban J connectivity index is 2.25. The van der Waals surface area contributed by atoms with Crippen LogP contribution in [0.2, 0.25) is 0 Å². The predicted molar refractivity (Wildman–Crippen MR) is 49.5 cm³/mol. The van der Waals surface area contributed by atoms with Crippen LogP contribution in [0.4, 0.5) is 0 Å². The molecule has 0 N–H and O–H groups in total. The molecule has 2 aliphatic rings. The van der Waals surface area contributed by atoms with E-state index in [2.05, 4.69) is 28.1 Å². The van der Waals surface area contributed by atoms with Gasteiger partial charge >= 0.3 is 5.84 Å². The molecule has 0 atom stereocenters. The van der Waals surface area contributed by atoms with Gasteiger partial charge in [0.25, 0.3) is 0 Å². The Kier molecular flexibility index (Phi) is 1.67. The highest BCUT2D eigenvalue weighted by atomic mass is 15.3. The second-order valence-corrected chi connectivity index (χ2v) is 3.08. The van der Waals surface area contributed by atoms with E-state index >= 15 is 0 Å². The monoisotopic (exact) mass is 165 g/mol. The largest absolute Gasteiger partial charge is 0.360 e. The summed E-state index contributed by atoms with van der Waals surface area (Å²) in [6, 6.07) is 0. The number of aliphatic imine (C=N–C) groups is 2. The summed E-state index contributed by atoms with van der Waals surface area (Å²) in [5.74, 6) is 2.04. The van der Waals surface area contributed by atoms with E-state index in [0.29, 0.717) is 0 Å². The maximum Gasteiger partial charge on any atom is 0.360 e. The Labute approximate surface area is 71.9 Å². The molecule has 0 saturated heterocycles. The van der Waals surface area contributed by atoms with Gasteiger partial charge in [-0.1, -0.05) is 4.99 Å². The molecule has 0 aromatic heterocycles. The smallest absolute Gasteiger partial charge is 0.351 e. The van der Waals surface area contributed by atoms with Crippen molar-refractivity contribution in [2.75, 3.05) is 33.7 Å². The quantitative estimate of drug-likeness (QED) is 0.480. The van der Waals surface area contributed by atoms with E-state index in [1.165, 1.54) is 0 Å². The van der Waals surface area contributed by atoms with Crippen molar-refractivity contribution in [2.24, 2.45) is 9.98 Å². The lowest BCUT2D eigenvalue weighted by atomic mass is 10.5. The van der Waals surface area contributed by atoms with Crippen LogP contribution >= 0.6 is 0 Å². The maximum atomic E-state index is 4.40. The van der Waals surface area contributed by atoms with Gasteiger partial charge in [0.2, 0.25) is 5.84 Å². The van der Waals surface area contributed by atoms with Crippen molar-refractivity contribution in [3.05, 3.63) is 0 Å². The van der Waals surface area contributed by atoms with Gasteiger partial charge in [-0.25, -0.2) is 4.58 Å². The second-order valence-electron chi connectivity index (χ2n) is 3.08. The van der Waals surface area contributed by atoms with Gasteiger partial charge < -0.3 is 4.90 Å². The van der Waals surface area contributed by atoms with Gasteiger partial charge in [0.1, 0.15) is 6.21 Å². The third kappa shape index (κ3) is 1.03. The third-order valence-electron chi connectivity index (χ3n) is 2.19. The molecule has 4 nitrogen and oxygen atoms in total. The Morgan fingerprint density at radius 1 is 1.50 bits per heavy atom. The lowest BCUT2D eigenvalue weighted by Gasteiger charge is -2.09. The minimum Gasteiger partial charge on any atom is -0.351 e. The first-order chi connectivity index (χ1) is 5.79. The zero-order chi connectivity index (χ0) is 8.55. The Morgan fingerprint density at radius 3 is 2.83 bits per heavy atom. The third-order valence-corrected chi connectivity index (χ3v) is 2.19. The molecule has 4 heteroatoms. The normalized spacial score (nSPS) is 22.5. The predicted octanol–water partition coefficient (Wildman–Crippen LogP) is -0.545. The second kappa shape index (κ2) is 2.69. The molecular formula is C8H13N4+. The Bertz CT molecular complexity index is 287. The minimum absolute atomic E-state index is 0.790. The Hall–Kier alpha value is -1.19.